The summed E-state index contributed by atoms with van der Waals surface area (Å²) < 4.78 is 5.19. The van der Waals surface area contributed by atoms with Crippen LogP contribution >= 0.6 is 0 Å². The molecule has 0 bridgehead atoms. The molecule has 0 fully saturated rings. The molecule has 5 nitrogen and oxygen atoms in total. The van der Waals surface area contributed by atoms with E-state index in [1.54, 1.807) is 38.1 Å². The number of allylic oxidation sites excluding steroid dienone is 2. The molecule has 5 heteroatoms. The summed E-state index contributed by atoms with van der Waals surface area (Å²) in [6.07, 6.45) is 2.85. The molecule has 0 unspecified atom stereocenters. The van der Waals surface area contributed by atoms with Crippen LogP contribution in [0.2, 0.25) is 0 Å². The number of phenolic OH excluding ortho intramolecular Hbond substituents is 1. The maximum atomic E-state index is 13.0. The molecular formula is C20H16O5. The number of ether oxygens (including phenoxy) is 1. The molecule has 126 valence electrons. The second-order valence-electron chi connectivity index (χ2n) is 5.74. The van der Waals surface area contributed by atoms with Crippen molar-refractivity contribution in [1.29, 1.82) is 0 Å². The number of hydrogen-bond acceptors (Lipinski definition) is 5. The maximum absolute atomic E-state index is 13.0. The number of phenols is 1. The fraction of sp³-hybridized carbons (Fsp3) is 0.150. The first-order chi connectivity index (χ1) is 11.9. The van der Waals surface area contributed by atoms with Crippen LogP contribution in [-0.4, -0.2) is 29.6 Å². The number of carbonyl (C=O) groups excluding carboxylic acids is 3. The van der Waals surface area contributed by atoms with Gasteiger partial charge in [0, 0.05) is 11.1 Å². The summed E-state index contributed by atoms with van der Waals surface area (Å²) in [6.45, 7) is 3.30. The van der Waals surface area contributed by atoms with Crippen molar-refractivity contribution in [2.75, 3.05) is 7.11 Å². The zero-order valence-corrected chi connectivity index (χ0v) is 14.0. The lowest BCUT2D eigenvalue weighted by molar-refractivity contribution is 0.0972. The van der Waals surface area contributed by atoms with Gasteiger partial charge in [-0.2, -0.15) is 0 Å². The number of aryl methyl sites for hydroxylation is 1. The van der Waals surface area contributed by atoms with Gasteiger partial charge in [0.15, 0.2) is 11.6 Å². The zero-order chi connectivity index (χ0) is 18.3. The molecule has 3 rings (SSSR count). The highest BCUT2D eigenvalue weighted by Gasteiger charge is 2.36. The van der Waals surface area contributed by atoms with Crippen LogP contribution in [0.15, 0.2) is 36.4 Å². The van der Waals surface area contributed by atoms with Gasteiger partial charge in [-0.25, -0.2) is 0 Å². The highest BCUT2D eigenvalue weighted by atomic mass is 16.5. The quantitative estimate of drug-likeness (QED) is 0.586. The third-order valence-corrected chi connectivity index (χ3v) is 4.25. The number of rotatable bonds is 3. The van der Waals surface area contributed by atoms with E-state index in [0.29, 0.717) is 5.56 Å². The fourth-order valence-corrected chi connectivity index (χ4v) is 3.15. The van der Waals surface area contributed by atoms with Gasteiger partial charge >= 0.3 is 0 Å². The van der Waals surface area contributed by atoms with E-state index >= 15 is 0 Å². The molecule has 2 aromatic carbocycles. The lowest BCUT2D eigenvalue weighted by atomic mass is 9.80. The number of fused-ring (bicyclic) bond motifs is 2. The first-order valence-corrected chi connectivity index (χ1v) is 7.72. The standard InChI is InChI=1S/C20H16O5/c1-4-6-13(21)15-10(2)9-12-17(19(15)23)20(24)16-11(18(12)22)7-5-8-14(16)25-3/h4-9,23H,1-3H3/b6-4+. The Balaban J connectivity index is 2.34. The summed E-state index contributed by atoms with van der Waals surface area (Å²) >= 11 is 0. The number of benzene rings is 2. The van der Waals surface area contributed by atoms with Crippen molar-refractivity contribution in [3.63, 3.8) is 0 Å². The lowest BCUT2D eigenvalue weighted by Gasteiger charge is -2.22. The largest absolute Gasteiger partial charge is 0.506 e. The van der Waals surface area contributed by atoms with Gasteiger partial charge in [-0.15, -0.1) is 0 Å². The van der Waals surface area contributed by atoms with E-state index in [-0.39, 0.29) is 39.4 Å². The Hall–Kier alpha value is -3.21. The molecule has 0 heterocycles. The normalized spacial score (nSPS) is 12.9. The summed E-state index contributed by atoms with van der Waals surface area (Å²) in [4.78, 5) is 38.1. The minimum atomic E-state index is -0.533. The van der Waals surface area contributed by atoms with Crippen molar-refractivity contribution in [2.45, 2.75) is 13.8 Å². The van der Waals surface area contributed by atoms with Crippen molar-refractivity contribution in [1.82, 2.24) is 0 Å². The van der Waals surface area contributed by atoms with Gasteiger partial charge in [0.2, 0.25) is 5.78 Å². The van der Waals surface area contributed by atoms with Gasteiger partial charge in [-0.3, -0.25) is 14.4 Å². The number of ketones is 3. The average Bonchev–Trinajstić information content (AvgIpc) is 2.58. The van der Waals surface area contributed by atoms with Gasteiger partial charge in [-0.1, -0.05) is 18.2 Å². The second-order valence-corrected chi connectivity index (χ2v) is 5.74. The van der Waals surface area contributed by atoms with Crippen LogP contribution < -0.4 is 4.74 Å². The van der Waals surface area contributed by atoms with E-state index in [1.807, 2.05) is 0 Å². The van der Waals surface area contributed by atoms with Crippen LogP contribution in [0.25, 0.3) is 0 Å². The molecule has 0 aromatic heterocycles. The second kappa shape index (κ2) is 6.02. The summed E-state index contributed by atoms with van der Waals surface area (Å²) in [6, 6.07) is 6.23. The highest BCUT2D eigenvalue weighted by Crippen LogP contribution is 2.39. The molecular weight excluding hydrogens is 320 g/mol. The third kappa shape index (κ3) is 2.36. The molecule has 1 N–H and O–H groups in total. The van der Waals surface area contributed by atoms with Crippen molar-refractivity contribution in [2.24, 2.45) is 0 Å². The average molecular weight is 336 g/mol. The number of aromatic hydroxyl groups is 1. The number of hydrogen-bond donors (Lipinski definition) is 1. The molecule has 0 saturated heterocycles. The third-order valence-electron chi connectivity index (χ3n) is 4.25. The Kier molecular flexibility index (Phi) is 4.00. The molecule has 0 atom stereocenters. The Morgan fingerprint density at radius 3 is 2.48 bits per heavy atom. The fourth-order valence-electron chi connectivity index (χ4n) is 3.15. The van der Waals surface area contributed by atoms with E-state index in [2.05, 4.69) is 0 Å². The minimum Gasteiger partial charge on any atom is -0.506 e. The minimum absolute atomic E-state index is 0.0244. The van der Waals surface area contributed by atoms with Crippen LogP contribution in [0.5, 0.6) is 11.5 Å². The molecule has 2 aromatic rings. The van der Waals surface area contributed by atoms with Crippen molar-refractivity contribution < 1.29 is 24.2 Å². The first-order valence-electron chi connectivity index (χ1n) is 7.72. The van der Waals surface area contributed by atoms with Crippen molar-refractivity contribution >= 4 is 17.3 Å². The molecule has 0 spiro atoms. The zero-order valence-electron chi connectivity index (χ0n) is 14.0. The predicted molar refractivity (Wildman–Crippen MR) is 91.8 cm³/mol. The smallest absolute Gasteiger partial charge is 0.202 e. The number of methoxy groups -OCH3 is 1. The maximum Gasteiger partial charge on any atom is 0.202 e. The van der Waals surface area contributed by atoms with Crippen LogP contribution in [0.1, 0.15) is 54.7 Å². The van der Waals surface area contributed by atoms with E-state index in [4.69, 9.17) is 4.74 Å². The summed E-state index contributed by atoms with van der Waals surface area (Å²) in [5.41, 5.74) is 0.732. The Bertz CT molecular complexity index is 967. The Labute approximate surface area is 144 Å². The first kappa shape index (κ1) is 16.6. The summed E-state index contributed by atoms with van der Waals surface area (Å²) in [5, 5.41) is 10.6. The van der Waals surface area contributed by atoms with Gasteiger partial charge < -0.3 is 9.84 Å². The Morgan fingerprint density at radius 2 is 1.84 bits per heavy atom. The van der Waals surface area contributed by atoms with Crippen LogP contribution in [-0.2, 0) is 0 Å². The van der Waals surface area contributed by atoms with E-state index in [1.165, 1.54) is 19.3 Å². The van der Waals surface area contributed by atoms with Crippen LogP contribution in [0, 0.1) is 6.92 Å². The number of carbonyl (C=O) groups is 3. The molecule has 0 aliphatic heterocycles. The van der Waals surface area contributed by atoms with Gasteiger partial charge in [0.05, 0.1) is 23.8 Å². The van der Waals surface area contributed by atoms with Crippen molar-refractivity contribution in [3.8, 4) is 11.5 Å². The monoisotopic (exact) mass is 336 g/mol. The molecule has 25 heavy (non-hydrogen) atoms. The Morgan fingerprint density at radius 1 is 1.12 bits per heavy atom. The lowest BCUT2D eigenvalue weighted by Crippen LogP contribution is -2.23. The van der Waals surface area contributed by atoms with E-state index in [0.717, 1.165) is 0 Å². The molecule has 1 aliphatic carbocycles. The topological polar surface area (TPSA) is 80.7 Å². The van der Waals surface area contributed by atoms with Gasteiger partial charge in [0.1, 0.15) is 11.5 Å². The molecule has 0 amide bonds. The van der Waals surface area contributed by atoms with Gasteiger partial charge in [0.25, 0.3) is 0 Å². The predicted octanol–water partition coefficient (Wildman–Crippen LogP) is 3.24. The van der Waals surface area contributed by atoms with Gasteiger partial charge in [-0.05, 0) is 37.6 Å². The molecule has 0 saturated carbocycles. The summed E-state index contributed by atoms with van der Waals surface area (Å²) in [7, 11) is 1.40. The van der Waals surface area contributed by atoms with Crippen molar-refractivity contribution in [3.05, 3.63) is 69.8 Å². The van der Waals surface area contributed by atoms with E-state index in [9.17, 15) is 19.5 Å². The highest BCUT2D eigenvalue weighted by molar-refractivity contribution is 6.31. The SMILES string of the molecule is C/C=C/C(=O)c1c(C)cc2c(c1O)C(=O)c1c(OC)cccc1C2=O. The van der Waals surface area contributed by atoms with Crippen LogP contribution in [0.3, 0.4) is 0 Å². The van der Waals surface area contributed by atoms with Crippen LogP contribution in [0.4, 0.5) is 0 Å². The molecule has 1 aliphatic rings. The molecule has 0 radical (unpaired) electrons. The summed E-state index contributed by atoms with van der Waals surface area (Å²) in [5.74, 6) is -1.55. The van der Waals surface area contributed by atoms with E-state index < -0.39 is 17.3 Å².